The van der Waals surface area contributed by atoms with E-state index in [0.29, 0.717) is 17.8 Å². The number of H-pyrrole nitrogens is 1. The molecule has 5 heteroatoms. The molecule has 5 nitrogen and oxygen atoms in total. The first kappa shape index (κ1) is 16.8. The molecular formula is C20H21N3O2. The van der Waals surface area contributed by atoms with Crippen molar-refractivity contribution < 1.29 is 9.59 Å². The van der Waals surface area contributed by atoms with E-state index in [1.54, 1.807) is 6.07 Å². The molecule has 0 saturated carbocycles. The summed E-state index contributed by atoms with van der Waals surface area (Å²) in [6, 6.07) is 15.1. The van der Waals surface area contributed by atoms with Crippen LogP contribution in [-0.2, 0) is 16.0 Å². The van der Waals surface area contributed by atoms with Gasteiger partial charge in [0.25, 0.3) is 0 Å². The van der Waals surface area contributed by atoms with E-state index in [-0.39, 0.29) is 18.2 Å². The van der Waals surface area contributed by atoms with Crippen molar-refractivity contribution in [1.29, 1.82) is 0 Å². The maximum absolute atomic E-state index is 12.3. The Morgan fingerprint density at radius 1 is 0.960 bits per heavy atom. The van der Waals surface area contributed by atoms with Crippen LogP contribution in [0.3, 0.4) is 0 Å². The minimum atomic E-state index is -0.0956. The Hall–Kier alpha value is -3.08. The number of carbonyl (C=O) groups excluding carboxylic acids is 2. The Labute approximate surface area is 146 Å². The zero-order valence-electron chi connectivity index (χ0n) is 14.1. The average Bonchev–Trinajstić information content (AvgIpc) is 2.98. The molecule has 0 fully saturated rings. The van der Waals surface area contributed by atoms with Crippen molar-refractivity contribution in [2.45, 2.75) is 26.2 Å². The molecule has 0 spiro atoms. The Bertz CT molecular complexity index is 899. The van der Waals surface area contributed by atoms with Gasteiger partial charge < -0.3 is 15.6 Å². The Morgan fingerprint density at radius 3 is 2.44 bits per heavy atom. The summed E-state index contributed by atoms with van der Waals surface area (Å²) in [4.78, 5) is 27.2. The molecule has 0 aliphatic heterocycles. The molecular weight excluding hydrogens is 314 g/mol. The fourth-order valence-corrected chi connectivity index (χ4v) is 2.78. The Kier molecular flexibility index (Phi) is 5.14. The number of para-hydroxylation sites is 1. The summed E-state index contributed by atoms with van der Waals surface area (Å²) in [5.74, 6) is -0.119. The van der Waals surface area contributed by atoms with Crippen LogP contribution in [0.5, 0.6) is 0 Å². The lowest BCUT2D eigenvalue weighted by Crippen LogP contribution is -2.15. The standard InChI is InChI=1S/C20H21N3O2/c1-2-6-19(24)22-15-7-5-8-16(12-15)23-20(25)11-14-13-21-18-10-4-3-9-17(14)18/h3-5,7-10,12-13,21H,2,6,11H2,1H3,(H,22,24)(H,23,25). The van der Waals surface area contributed by atoms with Crippen LogP contribution in [-0.4, -0.2) is 16.8 Å². The minimum absolute atomic E-state index is 0.0234. The summed E-state index contributed by atoms with van der Waals surface area (Å²) >= 11 is 0. The van der Waals surface area contributed by atoms with Crippen molar-refractivity contribution in [3.63, 3.8) is 0 Å². The Balaban J connectivity index is 1.66. The third kappa shape index (κ3) is 4.26. The van der Waals surface area contributed by atoms with Gasteiger partial charge in [-0.15, -0.1) is 0 Å². The van der Waals surface area contributed by atoms with Gasteiger partial charge in [0.15, 0.2) is 0 Å². The molecule has 0 saturated heterocycles. The zero-order chi connectivity index (χ0) is 17.6. The topological polar surface area (TPSA) is 74.0 Å². The quantitative estimate of drug-likeness (QED) is 0.635. The number of anilines is 2. The van der Waals surface area contributed by atoms with Gasteiger partial charge in [-0.25, -0.2) is 0 Å². The molecule has 0 aliphatic carbocycles. The highest BCUT2D eigenvalue weighted by Gasteiger charge is 2.09. The van der Waals surface area contributed by atoms with Crippen LogP contribution in [0.1, 0.15) is 25.3 Å². The van der Waals surface area contributed by atoms with Crippen LogP contribution in [0.4, 0.5) is 11.4 Å². The summed E-state index contributed by atoms with van der Waals surface area (Å²) in [7, 11) is 0. The Morgan fingerprint density at radius 2 is 1.68 bits per heavy atom. The van der Waals surface area contributed by atoms with Crippen molar-refractivity contribution in [3.8, 4) is 0 Å². The summed E-state index contributed by atoms with van der Waals surface area (Å²) in [6.07, 6.45) is 3.44. The van der Waals surface area contributed by atoms with E-state index in [2.05, 4.69) is 15.6 Å². The van der Waals surface area contributed by atoms with E-state index < -0.39 is 0 Å². The molecule has 25 heavy (non-hydrogen) atoms. The first-order valence-corrected chi connectivity index (χ1v) is 8.40. The molecule has 0 unspecified atom stereocenters. The second kappa shape index (κ2) is 7.66. The van der Waals surface area contributed by atoms with Crippen LogP contribution >= 0.6 is 0 Å². The highest BCUT2D eigenvalue weighted by Crippen LogP contribution is 2.20. The first-order chi connectivity index (χ1) is 12.2. The molecule has 0 bridgehead atoms. The molecule has 1 heterocycles. The van der Waals surface area contributed by atoms with Gasteiger partial charge in [-0.1, -0.05) is 31.2 Å². The van der Waals surface area contributed by atoms with Crippen molar-refractivity contribution in [1.82, 2.24) is 4.98 Å². The smallest absolute Gasteiger partial charge is 0.228 e. The van der Waals surface area contributed by atoms with E-state index in [1.807, 2.05) is 55.6 Å². The van der Waals surface area contributed by atoms with Crippen LogP contribution in [0.25, 0.3) is 10.9 Å². The first-order valence-electron chi connectivity index (χ1n) is 8.40. The van der Waals surface area contributed by atoms with E-state index >= 15 is 0 Å². The minimum Gasteiger partial charge on any atom is -0.361 e. The number of aromatic amines is 1. The summed E-state index contributed by atoms with van der Waals surface area (Å²) < 4.78 is 0. The van der Waals surface area contributed by atoms with E-state index in [0.717, 1.165) is 22.9 Å². The van der Waals surface area contributed by atoms with Crippen LogP contribution < -0.4 is 10.6 Å². The lowest BCUT2D eigenvalue weighted by Gasteiger charge is -2.08. The lowest BCUT2D eigenvalue weighted by atomic mass is 10.1. The molecule has 3 N–H and O–H groups in total. The van der Waals surface area contributed by atoms with Crippen LogP contribution in [0, 0.1) is 0 Å². The normalized spacial score (nSPS) is 10.6. The second-order valence-electron chi connectivity index (χ2n) is 5.96. The van der Waals surface area contributed by atoms with Gasteiger partial charge in [-0.2, -0.15) is 0 Å². The number of fused-ring (bicyclic) bond motifs is 1. The molecule has 2 aromatic carbocycles. The molecule has 1 aromatic heterocycles. The number of aromatic nitrogens is 1. The summed E-state index contributed by atoms with van der Waals surface area (Å²) in [5, 5.41) is 6.77. The van der Waals surface area contributed by atoms with Crippen molar-refractivity contribution in [3.05, 3.63) is 60.3 Å². The number of nitrogens with one attached hydrogen (secondary N) is 3. The highest BCUT2D eigenvalue weighted by atomic mass is 16.2. The predicted octanol–water partition coefficient (Wildman–Crippen LogP) is 4.09. The van der Waals surface area contributed by atoms with Gasteiger partial charge in [0, 0.05) is 34.9 Å². The van der Waals surface area contributed by atoms with Crippen molar-refractivity contribution in [2.24, 2.45) is 0 Å². The van der Waals surface area contributed by atoms with E-state index in [4.69, 9.17) is 0 Å². The van der Waals surface area contributed by atoms with Crippen molar-refractivity contribution >= 4 is 34.1 Å². The number of carbonyl (C=O) groups is 2. The molecule has 3 aromatic rings. The van der Waals surface area contributed by atoms with Gasteiger partial charge in [0.05, 0.1) is 6.42 Å². The molecule has 0 atom stereocenters. The monoisotopic (exact) mass is 335 g/mol. The van der Waals surface area contributed by atoms with Gasteiger partial charge >= 0.3 is 0 Å². The number of benzene rings is 2. The lowest BCUT2D eigenvalue weighted by molar-refractivity contribution is -0.116. The summed E-state index contributed by atoms with van der Waals surface area (Å²) in [5.41, 5.74) is 3.33. The van der Waals surface area contributed by atoms with Crippen LogP contribution in [0.2, 0.25) is 0 Å². The molecule has 128 valence electrons. The SMILES string of the molecule is CCCC(=O)Nc1cccc(NC(=O)Cc2c[nH]c3ccccc23)c1. The van der Waals surface area contributed by atoms with Crippen LogP contribution in [0.15, 0.2) is 54.7 Å². The number of hydrogen-bond donors (Lipinski definition) is 3. The third-order valence-electron chi connectivity index (χ3n) is 3.93. The zero-order valence-corrected chi connectivity index (χ0v) is 14.1. The molecule has 0 radical (unpaired) electrons. The van der Waals surface area contributed by atoms with Gasteiger partial charge in [-0.3, -0.25) is 9.59 Å². The van der Waals surface area contributed by atoms with E-state index in [1.165, 1.54) is 0 Å². The molecule has 3 rings (SSSR count). The maximum atomic E-state index is 12.3. The second-order valence-corrected chi connectivity index (χ2v) is 5.96. The maximum Gasteiger partial charge on any atom is 0.228 e. The average molecular weight is 335 g/mol. The largest absolute Gasteiger partial charge is 0.361 e. The van der Waals surface area contributed by atoms with Gasteiger partial charge in [-0.05, 0) is 36.2 Å². The van der Waals surface area contributed by atoms with Crippen molar-refractivity contribution in [2.75, 3.05) is 10.6 Å². The molecule has 0 aliphatic rings. The fourth-order valence-electron chi connectivity index (χ4n) is 2.78. The van der Waals surface area contributed by atoms with Gasteiger partial charge in [0.1, 0.15) is 0 Å². The highest BCUT2D eigenvalue weighted by molar-refractivity contribution is 5.97. The third-order valence-corrected chi connectivity index (χ3v) is 3.93. The number of amides is 2. The number of rotatable bonds is 6. The summed E-state index contributed by atoms with van der Waals surface area (Å²) in [6.45, 7) is 1.96. The van der Waals surface area contributed by atoms with E-state index in [9.17, 15) is 9.59 Å². The van der Waals surface area contributed by atoms with Gasteiger partial charge in [0.2, 0.25) is 11.8 Å². The fraction of sp³-hybridized carbons (Fsp3) is 0.200. The predicted molar refractivity (Wildman–Crippen MR) is 101 cm³/mol. The number of hydrogen-bond acceptors (Lipinski definition) is 2. The molecule has 2 amide bonds.